The number of hydrogen-bond donors (Lipinski definition) is 1. The lowest BCUT2D eigenvalue weighted by Crippen LogP contribution is -2.34. The molecule has 0 aliphatic heterocycles. The summed E-state index contributed by atoms with van der Waals surface area (Å²) in [7, 11) is 0. The molecule has 1 amide bonds. The van der Waals surface area contributed by atoms with Gasteiger partial charge in [-0.2, -0.15) is 0 Å². The Hall–Kier alpha value is -2.05. The molecule has 110 valence electrons. The van der Waals surface area contributed by atoms with E-state index in [4.69, 9.17) is 0 Å². The molecule has 1 aromatic rings. The summed E-state index contributed by atoms with van der Waals surface area (Å²) in [5, 5.41) is 13.3. The second-order valence-corrected chi connectivity index (χ2v) is 5.04. The number of nitro groups is 1. The van der Waals surface area contributed by atoms with E-state index in [-0.39, 0.29) is 6.04 Å². The van der Waals surface area contributed by atoms with E-state index in [2.05, 4.69) is 5.32 Å². The molecule has 0 radical (unpaired) electrons. The van der Waals surface area contributed by atoms with Crippen molar-refractivity contribution < 1.29 is 18.5 Å². The van der Waals surface area contributed by atoms with Crippen molar-refractivity contribution in [2.45, 2.75) is 33.2 Å². The van der Waals surface area contributed by atoms with Crippen LogP contribution in [0, 0.1) is 27.7 Å². The second kappa shape index (κ2) is 6.40. The van der Waals surface area contributed by atoms with Gasteiger partial charge in [-0.25, -0.2) is 8.78 Å². The van der Waals surface area contributed by atoms with Crippen molar-refractivity contribution in [3.05, 3.63) is 39.4 Å². The van der Waals surface area contributed by atoms with Crippen molar-refractivity contribution in [1.82, 2.24) is 5.32 Å². The fourth-order valence-electron chi connectivity index (χ4n) is 1.94. The third kappa shape index (κ3) is 3.97. The average Bonchev–Trinajstić information content (AvgIpc) is 2.30. The van der Waals surface area contributed by atoms with Gasteiger partial charge in [0.1, 0.15) is 5.56 Å². The maximum absolute atomic E-state index is 13.2. The summed E-state index contributed by atoms with van der Waals surface area (Å²) in [6.45, 7) is 5.66. The first-order chi connectivity index (χ1) is 9.22. The molecule has 1 N–H and O–H groups in total. The van der Waals surface area contributed by atoms with E-state index in [0.717, 1.165) is 0 Å². The molecule has 1 atom stereocenters. The molecule has 0 heterocycles. The Balaban J connectivity index is 3.03. The molecule has 20 heavy (non-hydrogen) atoms. The second-order valence-electron chi connectivity index (χ2n) is 5.04. The highest BCUT2D eigenvalue weighted by molar-refractivity contribution is 5.98. The first-order valence-corrected chi connectivity index (χ1v) is 6.16. The number of amides is 1. The van der Waals surface area contributed by atoms with Crippen molar-refractivity contribution in [2.24, 2.45) is 5.92 Å². The molecule has 5 nitrogen and oxygen atoms in total. The van der Waals surface area contributed by atoms with Gasteiger partial charge < -0.3 is 5.32 Å². The molecule has 0 saturated carbocycles. The van der Waals surface area contributed by atoms with Crippen LogP contribution in [-0.2, 0) is 0 Å². The molecule has 0 spiro atoms. The zero-order valence-electron chi connectivity index (χ0n) is 11.4. The third-order valence-corrected chi connectivity index (χ3v) is 2.68. The molecule has 1 rings (SSSR count). The molecule has 0 saturated heterocycles. The summed E-state index contributed by atoms with van der Waals surface area (Å²) in [6, 6.07) is 0.734. The predicted molar refractivity (Wildman–Crippen MR) is 69.4 cm³/mol. The fourth-order valence-corrected chi connectivity index (χ4v) is 1.94. The molecular weight excluding hydrogens is 270 g/mol. The highest BCUT2D eigenvalue weighted by atomic mass is 19.2. The van der Waals surface area contributed by atoms with Crippen LogP contribution >= 0.6 is 0 Å². The lowest BCUT2D eigenvalue weighted by atomic mass is 10.0. The van der Waals surface area contributed by atoms with E-state index in [9.17, 15) is 23.7 Å². The summed E-state index contributed by atoms with van der Waals surface area (Å²) in [4.78, 5) is 21.8. The third-order valence-electron chi connectivity index (χ3n) is 2.68. The maximum Gasteiger partial charge on any atom is 0.285 e. The number of benzene rings is 1. The van der Waals surface area contributed by atoms with Crippen LogP contribution in [0.2, 0.25) is 0 Å². The zero-order valence-corrected chi connectivity index (χ0v) is 11.4. The monoisotopic (exact) mass is 286 g/mol. The van der Waals surface area contributed by atoms with Gasteiger partial charge in [-0.15, -0.1) is 0 Å². The molecule has 0 bridgehead atoms. The topological polar surface area (TPSA) is 72.2 Å². The van der Waals surface area contributed by atoms with Crippen LogP contribution in [0.15, 0.2) is 12.1 Å². The van der Waals surface area contributed by atoms with Crippen molar-refractivity contribution in [2.75, 3.05) is 0 Å². The van der Waals surface area contributed by atoms with E-state index in [1.807, 2.05) is 13.8 Å². The predicted octanol–water partition coefficient (Wildman–Crippen LogP) is 3.04. The zero-order chi connectivity index (χ0) is 15.4. The number of carbonyl (C=O) groups is 1. The van der Waals surface area contributed by atoms with Gasteiger partial charge in [0.25, 0.3) is 11.6 Å². The molecule has 7 heteroatoms. The van der Waals surface area contributed by atoms with Gasteiger partial charge >= 0.3 is 0 Å². The van der Waals surface area contributed by atoms with E-state index in [1.165, 1.54) is 0 Å². The Bertz CT molecular complexity index is 533. The maximum atomic E-state index is 13.2. The minimum Gasteiger partial charge on any atom is -0.349 e. The van der Waals surface area contributed by atoms with Crippen molar-refractivity contribution in [3.63, 3.8) is 0 Å². The Kier molecular flexibility index (Phi) is 5.12. The van der Waals surface area contributed by atoms with Crippen LogP contribution in [0.1, 0.15) is 37.6 Å². The Morgan fingerprint density at radius 2 is 1.85 bits per heavy atom. The smallest absolute Gasteiger partial charge is 0.285 e. The Morgan fingerprint density at radius 3 is 2.35 bits per heavy atom. The van der Waals surface area contributed by atoms with E-state index >= 15 is 0 Å². The number of nitrogens with zero attached hydrogens (tertiary/aromatic N) is 1. The molecular formula is C13H16F2N2O3. The standard InChI is InChI=1S/C13H16F2N2O3/c1-7(2)4-8(3)16-13(18)9-5-10(14)11(15)6-12(9)17(19)20/h5-8H,4H2,1-3H3,(H,16,18). The average molecular weight is 286 g/mol. The summed E-state index contributed by atoms with van der Waals surface area (Å²) in [6.07, 6.45) is 0.670. The van der Waals surface area contributed by atoms with E-state index in [1.54, 1.807) is 6.92 Å². The minimum atomic E-state index is -1.36. The largest absolute Gasteiger partial charge is 0.349 e. The van der Waals surface area contributed by atoms with Gasteiger partial charge in [-0.05, 0) is 25.3 Å². The minimum absolute atomic E-state index is 0.227. The molecule has 0 aliphatic carbocycles. The van der Waals surface area contributed by atoms with Gasteiger partial charge in [0.2, 0.25) is 0 Å². The Labute approximate surface area is 115 Å². The lowest BCUT2D eigenvalue weighted by Gasteiger charge is -2.16. The SMILES string of the molecule is CC(C)CC(C)NC(=O)c1cc(F)c(F)cc1[N+](=O)[O-]. The lowest BCUT2D eigenvalue weighted by molar-refractivity contribution is -0.385. The summed E-state index contributed by atoms with van der Waals surface area (Å²) in [5.41, 5.74) is -1.23. The highest BCUT2D eigenvalue weighted by Crippen LogP contribution is 2.22. The Morgan fingerprint density at radius 1 is 1.30 bits per heavy atom. The number of nitro benzene ring substituents is 1. The number of carbonyl (C=O) groups excluding carboxylic acids is 1. The highest BCUT2D eigenvalue weighted by Gasteiger charge is 2.24. The first kappa shape index (κ1) is 16.0. The first-order valence-electron chi connectivity index (χ1n) is 6.16. The quantitative estimate of drug-likeness (QED) is 0.668. The van der Waals surface area contributed by atoms with Crippen LogP contribution in [0.25, 0.3) is 0 Å². The number of hydrogen-bond acceptors (Lipinski definition) is 3. The normalized spacial score (nSPS) is 12.3. The molecule has 0 aliphatic rings. The molecule has 0 fully saturated rings. The van der Waals surface area contributed by atoms with Crippen molar-refractivity contribution in [3.8, 4) is 0 Å². The van der Waals surface area contributed by atoms with Crippen LogP contribution in [0.4, 0.5) is 14.5 Å². The van der Waals surface area contributed by atoms with Gasteiger partial charge in [0, 0.05) is 6.04 Å². The van der Waals surface area contributed by atoms with Gasteiger partial charge in [-0.1, -0.05) is 13.8 Å². The number of rotatable bonds is 5. The van der Waals surface area contributed by atoms with E-state index in [0.29, 0.717) is 24.5 Å². The van der Waals surface area contributed by atoms with Crippen LogP contribution in [0.3, 0.4) is 0 Å². The number of nitrogens with one attached hydrogen (secondary N) is 1. The summed E-state index contributed by atoms with van der Waals surface area (Å²) in [5.74, 6) is -3.12. The molecule has 1 aromatic carbocycles. The number of halogens is 2. The molecule has 1 unspecified atom stereocenters. The van der Waals surface area contributed by atoms with E-state index < -0.39 is 33.7 Å². The summed E-state index contributed by atoms with van der Waals surface area (Å²) >= 11 is 0. The van der Waals surface area contributed by atoms with Crippen LogP contribution in [0.5, 0.6) is 0 Å². The fraction of sp³-hybridized carbons (Fsp3) is 0.462. The molecule has 0 aromatic heterocycles. The van der Waals surface area contributed by atoms with Gasteiger partial charge in [0.05, 0.1) is 11.0 Å². The van der Waals surface area contributed by atoms with Gasteiger partial charge in [-0.3, -0.25) is 14.9 Å². The summed E-state index contributed by atoms with van der Waals surface area (Å²) < 4.78 is 26.2. The van der Waals surface area contributed by atoms with Crippen LogP contribution < -0.4 is 5.32 Å². The van der Waals surface area contributed by atoms with Crippen molar-refractivity contribution >= 4 is 11.6 Å². The van der Waals surface area contributed by atoms with Gasteiger partial charge in [0.15, 0.2) is 11.6 Å². The van der Waals surface area contributed by atoms with Crippen molar-refractivity contribution in [1.29, 1.82) is 0 Å². The van der Waals surface area contributed by atoms with Crippen LogP contribution in [-0.4, -0.2) is 16.9 Å².